The molecule has 8 nitrogen and oxygen atoms in total. The Labute approximate surface area is 418 Å². The summed E-state index contributed by atoms with van der Waals surface area (Å²) >= 11 is 0. The number of ether oxygens (including phenoxy) is 1. The molecular formula is C61H40N7OPt-3. The van der Waals surface area contributed by atoms with Crippen molar-refractivity contribution in [1.82, 2.24) is 23.7 Å². The Morgan fingerprint density at radius 2 is 1.03 bits per heavy atom. The van der Waals surface area contributed by atoms with Crippen LogP contribution in [0.3, 0.4) is 0 Å². The van der Waals surface area contributed by atoms with E-state index in [0.29, 0.717) is 11.5 Å². The van der Waals surface area contributed by atoms with Gasteiger partial charge in [0.1, 0.15) is 5.82 Å². The first kappa shape index (κ1) is 41.7. The van der Waals surface area contributed by atoms with Crippen molar-refractivity contribution in [3.05, 3.63) is 225 Å². The van der Waals surface area contributed by atoms with Gasteiger partial charge in [-0.05, 0) is 86.3 Å². The normalized spacial score (nSPS) is 12.5. The van der Waals surface area contributed by atoms with E-state index in [4.69, 9.17) is 14.7 Å². The molecule has 0 atom stereocenters. The summed E-state index contributed by atoms with van der Waals surface area (Å²) in [5.41, 5.74) is 15.6. The molecule has 9 heteroatoms. The van der Waals surface area contributed by atoms with E-state index in [1.807, 2.05) is 36.5 Å². The number of rotatable bonds is 7. The topological polar surface area (TPSA) is 56.3 Å². The van der Waals surface area contributed by atoms with Crippen molar-refractivity contribution in [2.24, 2.45) is 0 Å². The Bertz CT molecular complexity index is 3980. The van der Waals surface area contributed by atoms with Gasteiger partial charge in [-0.3, -0.25) is 4.98 Å². The number of pyridine rings is 2. The molecular weight excluding hydrogens is 1040 g/mol. The van der Waals surface area contributed by atoms with E-state index in [0.717, 1.165) is 94.9 Å². The Morgan fingerprint density at radius 1 is 0.486 bits per heavy atom. The van der Waals surface area contributed by atoms with Gasteiger partial charge in [0.2, 0.25) is 0 Å². The average molecular weight is 1080 g/mol. The van der Waals surface area contributed by atoms with Crippen molar-refractivity contribution in [1.29, 1.82) is 0 Å². The van der Waals surface area contributed by atoms with E-state index in [1.54, 1.807) is 0 Å². The summed E-state index contributed by atoms with van der Waals surface area (Å²) in [6, 6.07) is 73.2. The molecule has 0 bridgehead atoms. The fourth-order valence-corrected chi connectivity index (χ4v) is 10.7. The van der Waals surface area contributed by atoms with Crippen molar-refractivity contribution in [3.8, 4) is 39.8 Å². The molecule has 5 aromatic heterocycles. The molecule has 0 unspecified atom stereocenters. The van der Waals surface area contributed by atoms with Crippen LogP contribution in [0.1, 0.15) is 5.56 Å². The fraction of sp³-hybridized carbons (Fsp3) is 0.0328. The van der Waals surface area contributed by atoms with Crippen LogP contribution >= 0.6 is 0 Å². The molecule has 70 heavy (non-hydrogen) atoms. The van der Waals surface area contributed by atoms with Gasteiger partial charge in [-0.1, -0.05) is 102 Å². The molecule has 8 aromatic carbocycles. The Balaban J connectivity index is 0.00000480. The summed E-state index contributed by atoms with van der Waals surface area (Å²) in [5, 5.41) is 5.79. The van der Waals surface area contributed by atoms with Gasteiger partial charge >= 0.3 is 0 Å². The average Bonchev–Trinajstić information content (AvgIpc) is 4.12. The van der Waals surface area contributed by atoms with Crippen molar-refractivity contribution in [2.75, 3.05) is 16.8 Å². The Kier molecular flexibility index (Phi) is 9.75. The molecule has 1 aliphatic rings. The van der Waals surface area contributed by atoms with E-state index < -0.39 is 0 Å². The molecule has 0 fully saturated rings. The van der Waals surface area contributed by atoms with Crippen LogP contribution in [0, 0.1) is 25.7 Å². The molecule has 1 aliphatic heterocycles. The van der Waals surface area contributed by atoms with Gasteiger partial charge in [-0.25, -0.2) is 4.98 Å². The minimum atomic E-state index is 0. The molecule has 14 rings (SSSR count). The third-order valence-corrected chi connectivity index (χ3v) is 13.7. The molecule has 0 amide bonds. The number of para-hydroxylation sites is 6. The van der Waals surface area contributed by atoms with E-state index in [-0.39, 0.29) is 21.1 Å². The van der Waals surface area contributed by atoms with Gasteiger partial charge in [-0.15, -0.1) is 36.0 Å². The molecule has 338 valence electrons. The van der Waals surface area contributed by atoms with Crippen LogP contribution in [-0.4, -0.2) is 30.7 Å². The second kappa shape index (κ2) is 16.4. The van der Waals surface area contributed by atoms with Crippen molar-refractivity contribution >= 4 is 82.6 Å². The van der Waals surface area contributed by atoms with Crippen LogP contribution in [0.25, 0.3) is 93.9 Å². The molecule has 0 radical (unpaired) electrons. The first-order valence-corrected chi connectivity index (χ1v) is 23.1. The van der Waals surface area contributed by atoms with E-state index in [1.165, 1.54) is 21.5 Å². The molecule has 0 aliphatic carbocycles. The number of aryl methyl sites for hydroxylation is 1. The van der Waals surface area contributed by atoms with E-state index >= 15 is 0 Å². The molecule has 13 aromatic rings. The zero-order valence-electron chi connectivity index (χ0n) is 38.0. The van der Waals surface area contributed by atoms with Crippen molar-refractivity contribution < 1.29 is 25.8 Å². The first-order chi connectivity index (χ1) is 34.1. The number of benzene rings is 8. The van der Waals surface area contributed by atoms with Crippen LogP contribution in [0.5, 0.6) is 11.5 Å². The van der Waals surface area contributed by atoms with Gasteiger partial charge in [0.05, 0.1) is 39.0 Å². The summed E-state index contributed by atoms with van der Waals surface area (Å²) < 4.78 is 13.6. The molecule has 6 heterocycles. The maximum absolute atomic E-state index is 6.58. The number of aromatic nitrogens is 5. The summed E-state index contributed by atoms with van der Waals surface area (Å²) in [7, 11) is 2.05. The monoisotopic (exact) mass is 1080 g/mol. The molecule has 0 N–H and O–H groups in total. The van der Waals surface area contributed by atoms with Gasteiger partial charge in [-0.2, -0.15) is 18.8 Å². The number of hydrogen-bond donors (Lipinski definition) is 0. The number of fused-ring (bicyclic) bond motifs is 10. The van der Waals surface area contributed by atoms with Crippen molar-refractivity contribution in [3.63, 3.8) is 0 Å². The predicted molar refractivity (Wildman–Crippen MR) is 281 cm³/mol. The third kappa shape index (κ3) is 6.33. The second-order valence-electron chi connectivity index (χ2n) is 17.6. The predicted octanol–water partition coefficient (Wildman–Crippen LogP) is 14.8. The van der Waals surface area contributed by atoms with Crippen LogP contribution < -0.4 is 14.5 Å². The van der Waals surface area contributed by atoms with Crippen molar-refractivity contribution in [2.45, 2.75) is 6.92 Å². The summed E-state index contributed by atoms with van der Waals surface area (Å²) in [6.45, 7) is 4.26. The fourth-order valence-electron chi connectivity index (χ4n) is 10.7. The van der Waals surface area contributed by atoms with Gasteiger partial charge in [0, 0.05) is 94.5 Å². The summed E-state index contributed by atoms with van der Waals surface area (Å²) in [5.74, 6) is 1.90. The first-order valence-electron chi connectivity index (χ1n) is 23.1. The minimum Gasteiger partial charge on any atom is -0.509 e. The number of anilines is 3. The number of nitrogens with zero attached hydrogens (tertiary/aromatic N) is 7. The van der Waals surface area contributed by atoms with Gasteiger partial charge in [0.15, 0.2) is 0 Å². The van der Waals surface area contributed by atoms with Gasteiger partial charge in [0.25, 0.3) is 0 Å². The minimum absolute atomic E-state index is 0. The molecule has 0 saturated heterocycles. The SMILES string of the molecule is Cc1cc(-n2c3[c-]c(Oc4[c-]c(N5[CH-]N(C)c6ccccc65)ccc4)ccc3c3ncccc32)ncc1-c1c(-n2c3ccccc3c3ccccc32)cccc1-n1c2ccccc2c2ccccc21.[Pt]. The largest absolute Gasteiger partial charge is 0.509 e. The quantitative estimate of drug-likeness (QED) is 0.149. The third-order valence-electron chi connectivity index (χ3n) is 13.7. The van der Waals surface area contributed by atoms with Crippen LogP contribution in [0.4, 0.5) is 17.1 Å². The maximum Gasteiger partial charge on any atom is 0.135 e. The maximum atomic E-state index is 6.58. The van der Waals surface area contributed by atoms with Crippen LogP contribution in [0.2, 0.25) is 0 Å². The van der Waals surface area contributed by atoms with E-state index in [2.05, 4.69) is 220 Å². The zero-order valence-corrected chi connectivity index (χ0v) is 40.3. The second-order valence-corrected chi connectivity index (χ2v) is 17.6. The number of hydrogen-bond acceptors (Lipinski definition) is 5. The summed E-state index contributed by atoms with van der Waals surface area (Å²) in [4.78, 5) is 14.5. The van der Waals surface area contributed by atoms with Crippen LogP contribution in [0.15, 0.2) is 200 Å². The Morgan fingerprint density at radius 3 is 1.66 bits per heavy atom. The summed E-state index contributed by atoms with van der Waals surface area (Å²) in [6.07, 6.45) is 3.89. The van der Waals surface area contributed by atoms with Gasteiger partial charge < -0.3 is 28.2 Å². The van der Waals surface area contributed by atoms with Crippen LogP contribution in [-0.2, 0) is 21.1 Å². The zero-order chi connectivity index (χ0) is 45.7. The Hall–Kier alpha value is -8.45. The molecule has 0 spiro atoms. The van der Waals surface area contributed by atoms with E-state index in [9.17, 15) is 0 Å². The molecule has 0 saturated carbocycles. The standard InChI is InChI=1S/C61H40N7O.Pt/c1-39-34-59(68-57-30-15-33-62-61(57)47-32-31-42(36-58(47)68)69-41-17-13-16-40(35-41)65-38-64(2)53-26-11-12-27-54(53)65)63-37-48(39)60-55(66-49-22-7-3-18-43(49)44-19-4-8-23-50(44)66)28-14-29-56(60)67-51-24-9-5-20-45(51)46-21-6-10-25-52(46)67;/h3-34,37-38H,1-2H3;/q-3;. The smallest absolute Gasteiger partial charge is 0.135 e.